The van der Waals surface area contributed by atoms with E-state index < -0.39 is 5.97 Å². The fraction of sp³-hybridized carbons (Fsp3) is 0.500. The molecule has 1 rings (SSSR count). The van der Waals surface area contributed by atoms with Crippen LogP contribution < -0.4 is 10.6 Å². The number of carboxylic acid groups (broad SMARTS) is 1. The first-order valence-corrected chi connectivity index (χ1v) is 5.87. The maximum absolute atomic E-state index is 11.6. The number of amides is 1. The quantitative estimate of drug-likeness (QED) is 0.674. The van der Waals surface area contributed by atoms with Gasteiger partial charge >= 0.3 is 5.97 Å². The van der Waals surface area contributed by atoms with Gasteiger partial charge in [0.05, 0.1) is 12.3 Å². The molecule has 6 nitrogen and oxygen atoms in total. The molecular weight excluding hydrogens is 236 g/mol. The highest BCUT2D eigenvalue weighted by atomic mass is 16.4. The summed E-state index contributed by atoms with van der Waals surface area (Å²) < 4.78 is 4.84. The van der Waals surface area contributed by atoms with Crippen LogP contribution in [0, 0.1) is 0 Å². The van der Waals surface area contributed by atoms with Crippen molar-refractivity contribution in [2.75, 3.05) is 6.54 Å². The molecule has 0 spiro atoms. The normalized spacial score (nSPS) is 12.1. The van der Waals surface area contributed by atoms with Gasteiger partial charge in [-0.1, -0.05) is 6.92 Å². The average Bonchev–Trinajstić information content (AvgIpc) is 2.81. The molecule has 0 fully saturated rings. The van der Waals surface area contributed by atoms with E-state index in [9.17, 15) is 9.59 Å². The van der Waals surface area contributed by atoms with E-state index in [2.05, 4.69) is 10.6 Å². The summed E-state index contributed by atoms with van der Waals surface area (Å²) >= 11 is 0. The van der Waals surface area contributed by atoms with Crippen LogP contribution >= 0.6 is 0 Å². The Labute approximate surface area is 105 Å². The molecule has 18 heavy (non-hydrogen) atoms. The van der Waals surface area contributed by atoms with Gasteiger partial charge in [-0.25, -0.2) is 4.79 Å². The van der Waals surface area contributed by atoms with E-state index in [0.29, 0.717) is 12.1 Å². The van der Waals surface area contributed by atoms with Gasteiger partial charge in [0.15, 0.2) is 0 Å². The summed E-state index contributed by atoms with van der Waals surface area (Å²) in [6, 6.07) is 1.20. The highest BCUT2D eigenvalue weighted by molar-refractivity contribution is 5.86. The third-order valence-electron chi connectivity index (χ3n) is 2.48. The smallest absolute Gasteiger partial charge is 0.372 e. The van der Waals surface area contributed by atoms with Gasteiger partial charge in [-0.05, 0) is 19.4 Å². The Hall–Kier alpha value is -1.82. The molecule has 0 bridgehead atoms. The molecule has 0 saturated carbocycles. The van der Waals surface area contributed by atoms with E-state index in [1.165, 1.54) is 6.26 Å². The minimum atomic E-state index is -1.11. The Morgan fingerprint density at radius 3 is 2.83 bits per heavy atom. The van der Waals surface area contributed by atoms with Crippen molar-refractivity contribution >= 4 is 11.9 Å². The van der Waals surface area contributed by atoms with E-state index in [1.54, 1.807) is 13.0 Å². The highest BCUT2D eigenvalue weighted by Gasteiger charge is 2.16. The Morgan fingerprint density at radius 2 is 2.22 bits per heavy atom. The van der Waals surface area contributed by atoms with Crippen molar-refractivity contribution in [1.82, 2.24) is 10.6 Å². The van der Waals surface area contributed by atoms with E-state index in [0.717, 1.165) is 6.42 Å². The summed E-state index contributed by atoms with van der Waals surface area (Å²) in [6.45, 7) is 4.62. The molecule has 0 aromatic carbocycles. The molecule has 1 aromatic rings. The second kappa shape index (κ2) is 6.80. The fourth-order valence-corrected chi connectivity index (χ4v) is 1.42. The predicted octanol–water partition coefficient (Wildman–Crippen LogP) is 0.982. The number of carboxylic acids is 1. The van der Waals surface area contributed by atoms with Gasteiger partial charge in [-0.3, -0.25) is 4.79 Å². The number of nitrogens with one attached hydrogen (secondary N) is 2. The first kappa shape index (κ1) is 14.2. The summed E-state index contributed by atoms with van der Waals surface area (Å²) in [6.07, 6.45) is 2.20. The fourth-order valence-electron chi connectivity index (χ4n) is 1.42. The van der Waals surface area contributed by atoms with Crippen molar-refractivity contribution in [1.29, 1.82) is 0 Å². The lowest BCUT2D eigenvalue weighted by atomic mass is 10.2. The summed E-state index contributed by atoms with van der Waals surface area (Å²) in [5, 5.41) is 14.6. The second-order valence-electron chi connectivity index (χ2n) is 3.97. The first-order chi connectivity index (χ1) is 8.56. The van der Waals surface area contributed by atoms with Gasteiger partial charge in [0.1, 0.15) is 0 Å². The van der Waals surface area contributed by atoms with Crippen molar-refractivity contribution in [3.8, 4) is 0 Å². The lowest BCUT2D eigenvalue weighted by molar-refractivity contribution is -0.122. The summed E-state index contributed by atoms with van der Waals surface area (Å²) in [5.74, 6) is -1.30. The monoisotopic (exact) mass is 254 g/mol. The molecule has 0 radical (unpaired) electrons. The largest absolute Gasteiger partial charge is 0.475 e. The molecule has 3 N–H and O–H groups in total. The second-order valence-corrected chi connectivity index (χ2v) is 3.97. The molecule has 1 atom stereocenters. The third kappa shape index (κ3) is 3.89. The SMILES string of the molecule is CCCNC(=O)C(C)NCc1ccoc1C(=O)O. The topological polar surface area (TPSA) is 91.6 Å². The van der Waals surface area contributed by atoms with Crippen molar-refractivity contribution < 1.29 is 19.1 Å². The van der Waals surface area contributed by atoms with Gasteiger partial charge < -0.3 is 20.2 Å². The molecule has 1 heterocycles. The van der Waals surface area contributed by atoms with Crippen molar-refractivity contribution in [3.63, 3.8) is 0 Å². The van der Waals surface area contributed by atoms with Crippen LogP contribution in [-0.4, -0.2) is 29.6 Å². The molecular formula is C12H18N2O4. The molecule has 100 valence electrons. The van der Waals surface area contributed by atoms with Crippen LogP contribution in [0.3, 0.4) is 0 Å². The van der Waals surface area contributed by atoms with Crippen molar-refractivity contribution in [2.45, 2.75) is 32.9 Å². The van der Waals surface area contributed by atoms with Gasteiger partial charge in [0.25, 0.3) is 0 Å². The average molecular weight is 254 g/mol. The zero-order valence-corrected chi connectivity index (χ0v) is 10.5. The zero-order valence-electron chi connectivity index (χ0n) is 10.5. The molecule has 0 aliphatic heterocycles. The van der Waals surface area contributed by atoms with Gasteiger partial charge in [-0.15, -0.1) is 0 Å². The molecule has 0 aliphatic rings. The van der Waals surface area contributed by atoms with Crippen LogP contribution in [0.4, 0.5) is 0 Å². The number of hydrogen-bond acceptors (Lipinski definition) is 4. The number of aromatic carboxylic acids is 1. The number of furan rings is 1. The Morgan fingerprint density at radius 1 is 1.50 bits per heavy atom. The van der Waals surface area contributed by atoms with Crippen LogP contribution in [-0.2, 0) is 11.3 Å². The standard InChI is InChI=1S/C12H18N2O4/c1-3-5-13-11(15)8(2)14-7-9-4-6-18-10(9)12(16)17/h4,6,8,14H,3,5,7H2,1-2H3,(H,13,15)(H,16,17). The number of carbonyl (C=O) groups is 2. The van der Waals surface area contributed by atoms with Crippen LogP contribution in [0.1, 0.15) is 36.4 Å². The maximum Gasteiger partial charge on any atom is 0.372 e. The molecule has 0 aliphatic carbocycles. The third-order valence-corrected chi connectivity index (χ3v) is 2.48. The molecule has 1 amide bonds. The maximum atomic E-state index is 11.6. The van der Waals surface area contributed by atoms with Crippen LogP contribution in [0.25, 0.3) is 0 Å². The van der Waals surface area contributed by atoms with Crippen LogP contribution in [0.5, 0.6) is 0 Å². The van der Waals surface area contributed by atoms with Crippen LogP contribution in [0.2, 0.25) is 0 Å². The Bertz CT molecular complexity index is 414. The Kier molecular flexibility index (Phi) is 5.38. The molecule has 1 unspecified atom stereocenters. The van der Waals surface area contributed by atoms with E-state index >= 15 is 0 Å². The minimum Gasteiger partial charge on any atom is -0.475 e. The van der Waals surface area contributed by atoms with Gasteiger partial charge in [0.2, 0.25) is 11.7 Å². The van der Waals surface area contributed by atoms with Crippen molar-refractivity contribution in [3.05, 3.63) is 23.7 Å². The lowest BCUT2D eigenvalue weighted by Gasteiger charge is -2.13. The van der Waals surface area contributed by atoms with E-state index in [-0.39, 0.29) is 24.3 Å². The number of carbonyl (C=O) groups excluding carboxylic acids is 1. The summed E-state index contributed by atoms with van der Waals surface area (Å²) in [4.78, 5) is 22.4. The number of rotatable bonds is 7. The summed E-state index contributed by atoms with van der Waals surface area (Å²) in [5.41, 5.74) is 0.526. The highest BCUT2D eigenvalue weighted by Crippen LogP contribution is 2.10. The summed E-state index contributed by atoms with van der Waals surface area (Å²) in [7, 11) is 0. The molecule has 1 aromatic heterocycles. The van der Waals surface area contributed by atoms with E-state index in [4.69, 9.17) is 9.52 Å². The predicted molar refractivity (Wildman–Crippen MR) is 65.3 cm³/mol. The van der Waals surface area contributed by atoms with E-state index in [1.807, 2.05) is 6.92 Å². The Balaban J connectivity index is 2.47. The van der Waals surface area contributed by atoms with Gasteiger partial charge in [0, 0.05) is 18.7 Å². The van der Waals surface area contributed by atoms with Crippen LogP contribution in [0.15, 0.2) is 16.7 Å². The molecule has 0 saturated heterocycles. The number of hydrogen-bond donors (Lipinski definition) is 3. The zero-order chi connectivity index (χ0) is 13.5. The van der Waals surface area contributed by atoms with Gasteiger partial charge in [-0.2, -0.15) is 0 Å². The molecule has 6 heteroatoms. The minimum absolute atomic E-state index is 0.0938. The lowest BCUT2D eigenvalue weighted by Crippen LogP contribution is -2.42. The van der Waals surface area contributed by atoms with Crippen molar-refractivity contribution in [2.24, 2.45) is 0 Å². The first-order valence-electron chi connectivity index (χ1n) is 5.87.